The van der Waals surface area contributed by atoms with E-state index in [-0.39, 0.29) is 0 Å². The van der Waals surface area contributed by atoms with Gasteiger partial charge in [0.05, 0.1) is 6.61 Å². The predicted molar refractivity (Wildman–Crippen MR) is 55.6 cm³/mol. The van der Waals surface area contributed by atoms with Gasteiger partial charge in [0, 0.05) is 13.2 Å². The van der Waals surface area contributed by atoms with Crippen molar-refractivity contribution in [2.24, 2.45) is 0 Å². The van der Waals surface area contributed by atoms with Crippen molar-refractivity contribution in [3.8, 4) is 0 Å². The fourth-order valence-electron chi connectivity index (χ4n) is 0.973. The van der Waals surface area contributed by atoms with E-state index in [2.05, 4.69) is 11.9 Å². The molecule has 1 aliphatic rings. The van der Waals surface area contributed by atoms with Gasteiger partial charge in [-0.25, -0.2) is 0 Å². The molecule has 1 fully saturated rings. The molecule has 1 aliphatic heterocycles. The first kappa shape index (κ1) is 14.4. The molecule has 2 heteroatoms. The minimum Gasteiger partial charge on any atom is -0.383 e. The molecule has 12 heavy (non-hydrogen) atoms. The number of hydrogen-bond donors (Lipinski definition) is 0. The van der Waals surface area contributed by atoms with Crippen LogP contribution in [0.3, 0.4) is 0 Å². The number of hydrogen-bond acceptors (Lipinski definition) is 2. The number of likely N-dealkylation sites (N-methyl/N-ethyl adjacent to an activating group) is 1. The summed E-state index contributed by atoms with van der Waals surface area (Å²) in [6, 6.07) is 0.708. The average Bonchev–Trinajstić information content (AvgIpc) is 2.18. The standard InChI is InChI=1S/C6H13NO.2C2H6/c1-7-4-3-6(7)5-8-2;2*1-2/h6H,3-5H2,1-2H3;2*1-2H3. The topological polar surface area (TPSA) is 12.5 Å². The molecular formula is C10H25NO. The summed E-state index contributed by atoms with van der Waals surface area (Å²) in [6.07, 6.45) is 1.31. The lowest BCUT2D eigenvalue weighted by atomic mass is 10.1. The molecule has 1 heterocycles. The van der Waals surface area contributed by atoms with Crippen LogP contribution < -0.4 is 0 Å². The van der Waals surface area contributed by atoms with Crippen LogP contribution in [0.1, 0.15) is 34.1 Å². The molecule has 76 valence electrons. The van der Waals surface area contributed by atoms with Crippen LogP contribution in [0.2, 0.25) is 0 Å². The Labute approximate surface area is 77.9 Å². The summed E-state index contributed by atoms with van der Waals surface area (Å²) in [5.74, 6) is 0. The highest BCUT2D eigenvalue weighted by Gasteiger charge is 2.22. The molecule has 0 spiro atoms. The van der Waals surface area contributed by atoms with Gasteiger partial charge in [-0.15, -0.1) is 0 Å². The van der Waals surface area contributed by atoms with Crippen LogP contribution >= 0.6 is 0 Å². The van der Waals surface area contributed by atoms with Gasteiger partial charge in [-0.1, -0.05) is 27.7 Å². The molecule has 2 nitrogen and oxygen atoms in total. The normalized spacial score (nSPS) is 21.0. The van der Waals surface area contributed by atoms with E-state index in [0.29, 0.717) is 6.04 Å². The van der Waals surface area contributed by atoms with Gasteiger partial charge >= 0.3 is 0 Å². The zero-order valence-corrected chi connectivity index (χ0v) is 9.55. The molecule has 0 aromatic heterocycles. The Morgan fingerprint density at radius 2 is 1.75 bits per heavy atom. The van der Waals surface area contributed by atoms with E-state index in [1.54, 1.807) is 7.11 Å². The SMILES string of the molecule is CC.CC.COCC1CCN1C. The highest BCUT2D eigenvalue weighted by Crippen LogP contribution is 2.13. The monoisotopic (exact) mass is 175 g/mol. The molecule has 0 bridgehead atoms. The van der Waals surface area contributed by atoms with Crippen LogP contribution in [0.5, 0.6) is 0 Å². The lowest BCUT2D eigenvalue weighted by Crippen LogP contribution is -2.47. The van der Waals surface area contributed by atoms with Crippen molar-refractivity contribution >= 4 is 0 Å². The fourth-order valence-corrected chi connectivity index (χ4v) is 0.973. The molecule has 0 aromatic carbocycles. The van der Waals surface area contributed by atoms with E-state index in [1.165, 1.54) is 13.0 Å². The lowest BCUT2D eigenvalue weighted by molar-refractivity contribution is 0.0439. The van der Waals surface area contributed by atoms with Crippen LogP contribution in [0.15, 0.2) is 0 Å². The maximum Gasteiger partial charge on any atom is 0.0618 e. The molecule has 1 atom stereocenters. The molecule has 0 aliphatic carbocycles. The molecule has 0 aromatic rings. The van der Waals surface area contributed by atoms with E-state index in [9.17, 15) is 0 Å². The summed E-state index contributed by atoms with van der Waals surface area (Å²) < 4.78 is 4.97. The number of nitrogens with zero attached hydrogens (tertiary/aromatic N) is 1. The van der Waals surface area contributed by atoms with Crippen LogP contribution in [-0.2, 0) is 4.74 Å². The zero-order valence-electron chi connectivity index (χ0n) is 9.55. The highest BCUT2D eigenvalue weighted by atomic mass is 16.5. The highest BCUT2D eigenvalue weighted by molar-refractivity contribution is 4.78. The van der Waals surface area contributed by atoms with Gasteiger partial charge < -0.3 is 9.64 Å². The third kappa shape index (κ3) is 5.56. The summed E-state index contributed by atoms with van der Waals surface area (Å²) in [5, 5.41) is 0. The van der Waals surface area contributed by atoms with Crippen molar-refractivity contribution in [2.75, 3.05) is 27.3 Å². The van der Waals surface area contributed by atoms with Gasteiger partial charge in [0.1, 0.15) is 0 Å². The quantitative estimate of drug-likeness (QED) is 0.639. The smallest absolute Gasteiger partial charge is 0.0618 e. The van der Waals surface area contributed by atoms with Crippen LogP contribution in [0.25, 0.3) is 0 Å². The first-order valence-electron chi connectivity index (χ1n) is 5.04. The summed E-state index contributed by atoms with van der Waals surface area (Å²) in [7, 11) is 3.89. The Morgan fingerprint density at radius 3 is 1.83 bits per heavy atom. The zero-order chi connectivity index (χ0) is 9.98. The summed E-state index contributed by atoms with van der Waals surface area (Å²) in [5.41, 5.74) is 0. The molecule has 1 rings (SSSR count). The predicted octanol–water partition coefficient (Wildman–Crippen LogP) is 2.39. The minimum atomic E-state index is 0.708. The molecule has 0 amide bonds. The van der Waals surface area contributed by atoms with Crippen molar-refractivity contribution in [1.82, 2.24) is 4.90 Å². The summed E-state index contributed by atoms with van der Waals surface area (Å²) in [6.45, 7) is 10.1. The van der Waals surface area contributed by atoms with Gasteiger partial charge in [0.15, 0.2) is 0 Å². The van der Waals surface area contributed by atoms with Crippen molar-refractivity contribution in [3.05, 3.63) is 0 Å². The van der Waals surface area contributed by atoms with Gasteiger partial charge in [0.2, 0.25) is 0 Å². The number of methoxy groups -OCH3 is 1. The maximum atomic E-state index is 4.97. The van der Waals surface area contributed by atoms with Gasteiger partial charge in [-0.2, -0.15) is 0 Å². The molecular weight excluding hydrogens is 150 g/mol. The molecule has 0 saturated carbocycles. The average molecular weight is 175 g/mol. The van der Waals surface area contributed by atoms with E-state index >= 15 is 0 Å². The van der Waals surface area contributed by atoms with Gasteiger partial charge in [-0.05, 0) is 20.0 Å². The van der Waals surface area contributed by atoms with E-state index in [4.69, 9.17) is 4.74 Å². The Balaban J connectivity index is 0. The second kappa shape index (κ2) is 10.9. The number of rotatable bonds is 2. The molecule has 0 N–H and O–H groups in total. The minimum absolute atomic E-state index is 0.708. The summed E-state index contributed by atoms with van der Waals surface area (Å²) >= 11 is 0. The molecule has 1 saturated heterocycles. The third-order valence-corrected chi connectivity index (χ3v) is 1.80. The van der Waals surface area contributed by atoms with Crippen LogP contribution in [0.4, 0.5) is 0 Å². The lowest BCUT2D eigenvalue weighted by Gasteiger charge is -2.37. The van der Waals surface area contributed by atoms with Crippen LogP contribution in [-0.4, -0.2) is 38.3 Å². The van der Waals surface area contributed by atoms with E-state index in [0.717, 1.165) is 6.61 Å². The van der Waals surface area contributed by atoms with Crippen molar-refractivity contribution in [2.45, 2.75) is 40.2 Å². The second-order valence-corrected chi connectivity index (χ2v) is 2.38. The maximum absolute atomic E-state index is 4.97. The number of ether oxygens (including phenoxy) is 1. The first-order chi connectivity index (χ1) is 5.84. The van der Waals surface area contributed by atoms with Crippen LogP contribution in [0, 0.1) is 0 Å². The van der Waals surface area contributed by atoms with Crippen molar-refractivity contribution < 1.29 is 4.74 Å². The third-order valence-electron chi connectivity index (χ3n) is 1.80. The molecule has 1 unspecified atom stereocenters. The fraction of sp³-hybridized carbons (Fsp3) is 1.00. The number of likely N-dealkylation sites (tertiary alicyclic amines) is 1. The van der Waals surface area contributed by atoms with E-state index < -0.39 is 0 Å². The Morgan fingerprint density at radius 1 is 1.25 bits per heavy atom. The van der Waals surface area contributed by atoms with Crippen molar-refractivity contribution in [1.29, 1.82) is 0 Å². The summed E-state index contributed by atoms with van der Waals surface area (Å²) in [4.78, 5) is 2.31. The van der Waals surface area contributed by atoms with Crippen molar-refractivity contribution in [3.63, 3.8) is 0 Å². The first-order valence-corrected chi connectivity index (χ1v) is 5.04. The Bertz CT molecular complexity index is 76.2. The second-order valence-electron chi connectivity index (χ2n) is 2.38. The van der Waals surface area contributed by atoms with E-state index in [1.807, 2.05) is 27.7 Å². The largest absolute Gasteiger partial charge is 0.383 e. The Hall–Kier alpha value is -0.0800. The molecule has 0 radical (unpaired) electrons. The van der Waals surface area contributed by atoms with Gasteiger partial charge in [0.25, 0.3) is 0 Å². The Kier molecular flexibility index (Phi) is 13.1. The van der Waals surface area contributed by atoms with Gasteiger partial charge in [-0.3, -0.25) is 0 Å².